The van der Waals surface area contributed by atoms with Crippen LogP contribution in [0.5, 0.6) is 5.75 Å². The van der Waals surface area contributed by atoms with E-state index in [1.54, 1.807) is 0 Å². The van der Waals surface area contributed by atoms with E-state index in [1.165, 1.54) is 16.3 Å². The fourth-order valence-corrected chi connectivity index (χ4v) is 7.38. The number of nitrogens with zero attached hydrogens (tertiary/aromatic N) is 4. The largest absolute Gasteiger partial charge is 0.494 e. The van der Waals surface area contributed by atoms with Gasteiger partial charge < -0.3 is 19.3 Å². The number of aldehydes is 1. The fraction of sp³-hybridized carbons (Fsp3) is 0.293. The van der Waals surface area contributed by atoms with Crippen LogP contribution >= 0.6 is 23.2 Å². The monoisotopic (exact) mass is 726 g/mol. The van der Waals surface area contributed by atoms with Crippen LogP contribution in [0.25, 0.3) is 32.8 Å². The molecule has 0 radical (unpaired) electrons. The van der Waals surface area contributed by atoms with Crippen LogP contribution in [0.4, 0.5) is 5.69 Å². The third kappa shape index (κ3) is 7.63. The molecule has 2 aromatic heterocycles. The predicted molar refractivity (Wildman–Crippen MR) is 209 cm³/mol. The highest BCUT2D eigenvalue weighted by atomic mass is 35.5. The van der Waals surface area contributed by atoms with Crippen molar-refractivity contribution >= 4 is 63.3 Å². The van der Waals surface area contributed by atoms with Crippen LogP contribution in [0, 0.1) is 34.6 Å². The molecule has 8 nitrogen and oxygen atoms in total. The smallest absolute Gasteiger partial charge is 0.290 e. The van der Waals surface area contributed by atoms with Crippen molar-refractivity contribution in [1.82, 2.24) is 14.3 Å². The van der Waals surface area contributed by atoms with Crippen LogP contribution in [-0.2, 0) is 24.8 Å². The first-order valence-electron chi connectivity index (χ1n) is 16.9. The lowest BCUT2D eigenvalue weighted by Gasteiger charge is -2.22. The Bertz CT molecular complexity index is 2210. The van der Waals surface area contributed by atoms with Gasteiger partial charge in [-0.15, -0.1) is 0 Å². The van der Waals surface area contributed by atoms with Gasteiger partial charge in [0.15, 0.2) is 6.29 Å². The van der Waals surface area contributed by atoms with Gasteiger partial charge >= 0.3 is 0 Å². The van der Waals surface area contributed by atoms with Gasteiger partial charge in [-0.05, 0) is 111 Å². The zero-order chi connectivity index (χ0) is 37.0. The van der Waals surface area contributed by atoms with Gasteiger partial charge in [0.25, 0.3) is 6.47 Å². The lowest BCUT2D eigenvalue weighted by molar-refractivity contribution is -0.122. The van der Waals surface area contributed by atoms with Gasteiger partial charge in [-0.3, -0.25) is 14.3 Å². The van der Waals surface area contributed by atoms with E-state index in [4.69, 9.17) is 42.9 Å². The summed E-state index contributed by atoms with van der Waals surface area (Å²) in [5.41, 5.74) is 10.9. The Morgan fingerprint density at radius 2 is 1.59 bits per heavy atom. The van der Waals surface area contributed by atoms with Gasteiger partial charge in [0.1, 0.15) is 5.75 Å². The average Bonchev–Trinajstić information content (AvgIpc) is 3.54. The van der Waals surface area contributed by atoms with Gasteiger partial charge in [0.2, 0.25) is 0 Å². The second kappa shape index (κ2) is 16.0. The highest BCUT2D eigenvalue weighted by Crippen LogP contribution is 2.42. The van der Waals surface area contributed by atoms with E-state index in [0.717, 1.165) is 79.3 Å². The topological polar surface area (TPSA) is 89.6 Å². The van der Waals surface area contributed by atoms with Crippen molar-refractivity contribution in [3.05, 3.63) is 110 Å². The Morgan fingerprint density at radius 3 is 2.24 bits per heavy atom. The lowest BCUT2D eigenvalue weighted by atomic mass is 9.98. The molecular weight excluding hydrogens is 683 g/mol. The van der Waals surface area contributed by atoms with Crippen LogP contribution in [-0.4, -0.2) is 52.4 Å². The van der Waals surface area contributed by atoms with Gasteiger partial charge in [0.05, 0.1) is 28.5 Å². The Kier molecular flexibility index (Phi) is 11.8. The summed E-state index contributed by atoms with van der Waals surface area (Å²) in [6.45, 7) is 11.8. The number of hydrogen-bond donors (Lipinski definition) is 1. The van der Waals surface area contributed by atoms with Gasteiger partial charge in [-0.1, -0.05) is 53.5 Å². The molecule has 0 bridgehead atoms. The first-order chi connectivity index (χ1) is 24.4. The van der Waals surface area contributed by atoms with Crippen molar-refractivity contribution in [2.45, 2.75) is 54.0 Å². The van der Waals surface area contributed by atoms with Crippen molar-refractivity contribution in [2.75, 3.05) is 25.1 Å². The van der Waals surface area contributed by atoms with Crippen LogP contribution in [0.3, 0.4) is 0 Å². The molecule has 4 aromatic carbocycles. The molecule has 51 heavy (non-hydrogen) atoms. The number of carboxylic acid groups (broad SMARTS) is 1. The van der Waals surface area contributed by atoms with E-state index < -0.39 is 0 Å². The van der Waals surface area contributed by atoms with E-state index in [9.17, 15) is 4.79 Å². The van der Waals surface area contributed by atoms with Crippen LogP contribution in [0.15, 0.2) is 60.7 Å². The zero-order valence-electron chi connectivity index (χ0n) is 30.2. The number of hydrogen-bond acceptors (Lipinski definition) is 5. The molecule has 0 atom stereocenters. The third-order valence-electron chi connectivity index (χ3n) is 9.60. The number of fused-ring (bicyclic) bond motifs is 2. The van der Waals surface area contributed by atoms with E-state index in [0.29, 0.717) is 36.8 Å². The summed E-state index contributed by atoms with van der Waals surface area (Å²) in [6.07, 6.45) is 2.41. The summed E-state index contributed by atoms with van der Waals surface area (Å²) in [6, 6.07) is 20.9. The molecule has 0 fully saturated rings. The predicted octanol–water partition coefficient (Wildman–Crippen LogP) is 9.71. The quantitative estimate of drug-likeness (QED) is 0.106. The van der Waals surface area contributed by atoms with Crippen molar-refractivity contribution in [3.63, 3.8) is 0 Å². The molecule has 0 unspecified atom stereocenters. The molecule has 0 aliphatic heterocycles. The summed E-state index contributed by atoms with van der Waals surface area (Å²) in [4.78, 5) is 23.6. The van der Waals surface area contributed by atoms with Crippen molar-refractivity contribution in [3.8, 4) is 16.9 Å². The van der Waals surface area contributed by atoms with Crippen molar-refractivity contribution < 1.29 is 19.4 Å². The van der Waals surface area contributed by atoms with E-state index in [-0.39, 0.29) is 6.47 Å². The number of rotatable bonds is 11. The van der Waals surface area contributed by atoms with E-state index in [2.05, 4.69) is 72.8 Å². The maximum Gasteiger partial charge on any atom is 0.290 e. The third-order valence-corrected chi connectivity index (χ3v) is 10.5. The maximum atomic E-state index is 13.0. The van der Waals surface area contributed by atoms with Gasteiger partial charge in [0, 0.05) is 60.1 Å². The highest BCUT2D eigenvalue weighted by Gasteiger charge is 2.25. The van der Waals surface area contributed by atoms with E-state index in [1.807, 2.05) is 50.7 Å². The SMILES string of the molecule is Cc1cc(OCCCc2c(C=O)n(CCN(C)c3cc(C)c4ccccc4c3)c3c(-c4c(C)nn(C)c4C)c(Cl)ccc23)cc(C)c1Cl.O=CO. The van der Waals surface area contributed by atoms with Crippen LogP contribution < -0.4 is 9.64 Å². The summed E-state index contributed by atoms with van der Waals surface area (Å²) in [7, 11) is 4.06. The molecule has 0 amide bonds. The molecule has 0 saturated heterocycles. The average molecular weight is 728 g/mol. The molecule has 0 aliphatic rings. The molecule has 266 valence electrons. The van der Waals surface area contributed by atoms with Crippen LogP contribution in [0.2, 0.25) is 10.0 Å². The van der Waals surface area contributed by atoms with Gasteiger partial charge in [-0.25, -0.2) is 0 Å². The number of carbonyl (C=O) groups excluding carboxylic acids is 1. The Labute approximate surface area is 309 Å². The van der Waals surface area contributed by atoms with Crippen molar-refractivity contribution in [1.29, 1.82) is 0 Å². The highest BCUT2D eigenvalue weighted by molar-refractivity contribution is 6.35. The molecule has 0 aliphatic carbocycles. The minimum Gasteiger partial charge on any atom is -0.494 e. The Hall–Kier alpha value is -4.79. The number of anilines is 1. The molecular formula is C41H44Cl2N4O4. The fourth-order valence-electron chi connectivity index (χ4n) is 7.03. The Morgan fingerprint density at radius 1 is 0.902 bits per heavy atom. The normalized spacial score (nSPS) is 11.1. The zero-order valence-corrected chi connectivity index (χ0v) is 31.7. The number of likely N-dealkylation sites (N-methyl/N-ethyl adjacent to an activating group) is 1. The first-order valence-corrected chi connectivity index (χ1v) is 17.6. The number of carbonyl (C=O) groups is 2. The summed E-state index contributed by atoms with van der Waals surface area (Å²) >= 11 is 13.4. The number of halogens is 2. The molecule has 0 spiro atoms. The molecule has 1 N–H and O–H groups in total. The molecule has 6 rings (SSSR count). The number of ether oxygens (including phenoxy) is 1. The first kappa shape index (κ1) is 37.5. The number of benzene rings is 4. The summed E-state index contributed by atoms with van der Waals surface area (Å²) in [5, 5.41) is 16.5. The Balaban J connectivity index is 0.00000162. The maximum absolute atomic E-state index is 13.0. The lowest BCUT2D eigenvalue weighted by Crippen LogP contribution is -2.23. The van der Waals surface area contributed by atoms with Crippen LogP contribution in [0.1, 0.15) is 50.6 Å². The number of aromatic nitrogens is 3. The molecule has 6 aromatic rings. The number of aryl methyl sites for hydroxylation is 6. The second-order valence-electron chi connectivity index (χ2n) is 13.0. The molecule has 0 saturated carbocycles. The molecule has 10 heteroatoms. The summed E-state index contributed by atoms with van der Waals surface area (Å²) < 4.78 is 10.2. The summed E-state index contributed by atoms with van der Waals surface area (Å²) in [5.74, 6) is 0.802. The van der Waals surface area contributed by atoms with E-state index >= 15 is 0 Å². The minimum atomic E-state index is -0.250. The standard InChI is InChI=1S/C40H42Cl2N4O2.CH2O2/c1-24-19-30(22-29-11-8-9-12-32(24)29)44(6)16-17-46-36(23-47)33(13-10-18-48-31-20-25(2)39(42)26(3)21-31)34-14-15-35(41)38(40(34)46)37-27(4)43-45(7)28(37)5;2-1-3/h8-9,11-12,14-15,19-23H,10,13,16-18H2,1-7H3;1H,(H,2,3). The second-order valence-corrected chi connectivity index (χ2v) is 13.7. The van der Waals surface area contributed by atoms with Gasteiger partial charge in [-0.2, -0.15) is 5.10 Å². The van der Waals surface area contributed by atoms with Crippen molar-refractivity contribution in [2.24, 2.45) is 7.05 Å². The minimum absolute atomic E-state index is 0.250. The molecule has 2 heterocycles.